The second-order valence-electron chi connectivity index (χ2n) is 5.33. The summed E-state index contributed by atoms with van der Waals surface area (Å²) in [6.07, 6.45) is 1.35. The zero-order chi connectivity index (χ0) is 13.9. The molecular formula is C15H22F2N2. The molecule has 0 aliphatic heterocycles. The first-order valence-electron chi connectivity index (χ1n) is 6.90. The van der Waals surface area contributed by atoms with E-state index in [2.05, 4.69) is 10.6 Å². The largest absolute Gasteiger partial charge is 0.310 e. The van der Waals surface area contributed by atoms with Crippen LogP contribution in [0.25, 0.3) is 0 Å². The molecule has 2 rings (SSSR count). The predicted octanol–water partition coefficient (Wildman–Crippen LogP) is 3.11. The van der Waals surface area contributed by atoms with Gasteiger partial charge in [-0.2, -0.15) is 0 Å². The van der Waals surface area contributed by atoms with E-state index in [1.807, 2.05) is 37.3 Å². The monoisotopic (exact) mass is 268 g/mol. The molecule has 0 radical (unpaired) electrons. The topological polar surface area (TPSA) is 24.1 Å². The van der Waals surface area contributed by atoms with E-state index in [4.69, 9.17) is 0 Å². The summed E-state index contributed by atoms with van der Waals surface area (Å²) in [7, 11) is 1.62. The summed E-state index contributed by atoms with van der Waals surface area (Å²) >= 11 is 0. The van der Waals surface area contributed by atoms with Crippen molar-refractivity contribution >= 4 is 0 Å². The van der Waals surface area contributed by atoms with E-state index in [-0.39, 0.29) is 18.5 Å². The number of hydrogen-bond acceptors (Lipinski definition) is 2. The van der Waals surface area contributed by atoms with Crippen molar-refractivity contribution in [3.63, 3.8) is 0 Å². The van der Waals surface area contributed by atoms with Gasteiger partial charge < -0.3 is 10.6 Å². The molecule has 0 saturated heterocycles. The highest BCUT2D eigenvalue weighted by atomic mass is 19.3. The molecule has 106 valence electrons. The molecule has 0 spiro atoms. The van der Waals surface area contributed by atoms with Gasteiger partial charge in [-0.1, -0.05) is 30.3 Å². The molecule has 3 atom stereocenters. The Labute approximate surface area is 113 Å². The Balaban J connectivity index is 2.05. The summed E-state index contributed by atoms with van der Waals surface area (Å²) in [6, 6.07) is 9.05. The number of halogens is 2. The molecule has 1 aromatic carbocycles. The second-order valence-corrected chi connectivity index (χ2v) is 5.33. The molecule has 19 heavy (non-hydrogen) atoms. The van der Waals surface area contributed by atoms with Gasteiger partial charge in [0, 0.05) is 18.5 Å². The molecule has 1 saturated carbocycles. The zero-order valence-corrected chi connectivity index (χ0v) is 11.5. The summed E-state index contributed by atoms with van der Waals surface area (Å²) in [6.45, 7) is 2.02. The first-order valence-corrected chi connectivity index (χ1v) is 6.90. The van der Waals surface area contributed by atoms with E-state index >= 15 is 0 Å². The third-order valence-corrected chi connectivity index (χ3v) is 3.96. The van der Waals surface area contributed by atoms with Gasteiger partial charge in [-0.15, -0.1) is 0 Å². The van der Waals surface area contributed by atoms with Gasteiger partial charge in [0.1, 0.15) is 0 Å². The van der Waals surface area contributed by atoms with Crippen molar-refractivity contribution in [2.75, 3.05) is 7.05 Å². The molecule has 0 amide bonds. The minimum absolute atomic E-state index is 0.0175. The smallest absolute Gasteiger partial charge is 0.264 e. The normalized spacial score (nSPS) is 28.0. The predicted molar refractivity (Wildman–Crippen MR) is 73.4 cm³/mol. The third-order valence-electron chi connectivity index (χ3n) is 3.96. The molecule has 1 aliphatic rings. The highest BCUT2D eigenvalue weighted by Crippen LogP contribution is 2.34. The van der Waals surface area contributed by atoms with Gasteiger partial charge in [0.15, 0.2) is 0 Å². The second kappa shape index (κ2) is 5.97. The van der Waals surface area contributed by atoms with Crippen LogP contribution in [0.4, 0.5) is 8.78 Å². The number of benzene rings is 1. The molecule has 0 heterocycles. The lowest BCUT2D eigenvalue weighted by Gasteiger charge is -2.39. The van der Waals surface area contributed by atoms with Crippen molar-refractivity contribution in [2.24, 2.45) is 0 Å². The quantitative estimate of drug-likeness (QED) is 0.876. The van der Waals surface area contributed by atoms with Gasteiger partial charge in [-0.25, -0.2) is 8.78 Å². The molecule has 2 N–H and O–H groups in total. The minimum atomic E-state index is -2.62. The van der Waals surface area contributed by atoms with Crippen molar-refractivity contribution in [3.8, 4) is 0 Å². The van der Waals surface area contributed by atoms with E-state index < -0.39 is 12.0 Å². The van der Waals surface area contributed by atoms with Crippen LogP contribution < -0.4 is 10.6 Å². The average molecular weight is 268 g/mol. The van der Waals surface area contributed by atoms with Gasteiger partial charge in [-0.3, -0.25) is 0 Å². The highest BCUT2D eigenvalue weighted by Gasteiger charge is 2.46. The SMILES string of the molecule is CN[C@@H]1[C@H](N[C@H](C)c2ccccc2)CCCC1(F)F. The fourth-order valence-corrected chi connectivity index (χ4v) is 2.93. The lowest BCUT2D eigenvalue weighted by atomic mass is 9.86. The van der Waals surface area contributed by atoms with Gasteiger partial charge in [-0.05, 0) is 32.4 Å². The highest BCUT2D eigenvalue weighted by molar-refractivity contribution is 5.18. The van der Waals surface area contributed by atoms with Crippen LogP contribution in [0.15, 0.2) is 30.3 Å². The lowest BCUT2D eigenvalue weighted by molar-refractivity contribution is -0.0739. The summed E-state index contributed by atoms with van der Waals surface area (Å²) in [5.41, 5.74) is 1.13. The van der Waals surface area contributed by atoms with Crippen LogP contribution in [0.5, 0.6) is 0 Å². The Morgan fingerprint density at radius 2 is 1.95 bits per heavy atom. The molecule has 1 aromatic rings. The average Bonchev–Trinajstić information content (AvgIpc) is 2.39. The van der Waals surface area contributed by atoms with Crippen molar-refractivity contribution < 1.29 is 8.78 Å². The van der Waals surface area contributed by atoms with Crippen LogP contribution in [0.2, 0.25) is 0 Å². The van der Waals surface area contributed by atoms with Crippen LogP contribution in [0.1, 0.15) is 37.8 Å². The first kappa shape index (κ1) is 14.4. The van der Waals surface area contributed by atoms with Crippen molar-refractivity contribution in [2.45, 2.75) is 50.2 Å². The Kier molecular flexibility index (Phi) is 4.53. The summed E-state index contributed by atoms with van der Waals surface area (Å²) in [5, 5.41) is 6.14. The fraction of sp³-hybridized carbons (Fsp3) is 0.600. The molecule has 0 bridgehead atoms. The number of rotatable bonds is 4. The van der Waals surface area contributed by atoms with Crippen LogP contribution >= 0.6 is 0 Å². The van der Waals surface area contributed by atoms with Gasteiger partial charge in [0.2, 0.25) is 0 Å². The Morgan fingerprint density at radius 1 is 1.26 bits per heavy atom. The number of likely N-dealkylation sites (N-methyl/N-ethyl adjacent to an activating group) is 1. The number of hydrogen-bond donors (Lipinski definition) is 2. The maximum absolute atomic E-state index is 13.9. The van der Waals surface area contributed by atoms with E-state index in [0.717, 1.165) is 12.0 Å². The molecule has 1 fully saturated rings. The van der Waals surface area contributed by atoms with Gasteiger partial charge in [0.05, 0.1) is 6.04 Å². The van der Waals surface area contributed by atoms with E-state index in [1.165, 1.54) is 0 Å². The Morgan fingerprint density at radius 3 is 2.58 bits per heavy atom. The van der Waals surface area contributed by atoms with Crippen LogP contribution in [-0.2, 0) is 0 Å². The first-order chi connectivity index (χ1) is 9.04. The zero-order valence-electron chi connectivity index (χ0n) is 11.5. The maximum atomic E-state index is 13.9. The van der Waals surface area contributed by atoms with Crippen molar-refractivity contribution in [1.29, 1.82) is 0 Å². The summed E-state index contributed by atoms with van der Waals surface area (Å²) in [4.78, 5) is 0. The van der Waals surface area contributed by atoms with Crippen LogP contribution in [0, 0.1) is 0 Å². The summed E-state index contributed by atoms with van der Waals surface area (Å²) < 4.78 is 27.7. The Bertz CT molecular complexity index is 394. The van der Waals surface area contributed by atoms with E-state index in [1.54, 1.807) is 7.05 Å². The van der Waals surface area contributed by atoms with Gasteiger partial charge in [0.25, 0.3) is 5.92 Å². The molecule has 4 heteroatoms. The molecule has 0 aromatic heterocycles. The van der Waals surface area contributed by atoms with Crippen LogP contribution in [0.3, 0.4) is 0 Å². The summed E-state index contributed by atoms with van der Waals surface area (Å²) in [5.74, 6) is -2.62. The molecule has 1 aliphatic carbocycles. The molecule has 0 unspecified atom stereocenters. The van der Waals surface area contributed by atoms with E-state index in [9.17, 15) is 8.78 Å². The van der Waals surface area contributed by atoms with Gasteiger partial charge >= 0.3 is 0 Å². The standard InChI is InChI=1S/C15H22F2N2/c1-11(12-7-4-3-5-8-12)19-13-9-6-10-15(16,17)14(13)18-2/h3-5,7-8,11,13-14,18-19H,6,9-10H2,1-2H3/t11-,13-,14-/m1/s1. The van der Waals surface area contributed by atoms with Crippen LogP contribution in [-0.4, -0.2) is 25.1 Å². The third kappa shape index (κ3) is 3.31. The Hall–Kier alpha value is -1.00. The number of alkyl halides is 2. The van der Waals surface area contributed by atoms with Crippen molar-refractivity contribution in [1.82, 2.24) is 10.6 Å². The minimum Gasteiger partial charge on any atom is -0.310 e. The van der Waals surface area contributed by atoms with Crippen molar-refractivity contribution in [3.05, 3.63) is 35.9 Å². The fourth-order valence-electron chi connectivity index (χ4n) is 2.93. The molecular weight excluding hydrogens is 246 g/mol. The maximum Gasteiger partial charge on any atom is 0.264 e. The number of nitrogens with one attached hydrogen (secondary N) is 2. The molecule has 2 nitrogen and oxygen atoms in total. The lowest BCUT2D eigenvalue weighted by Crippen LogP contribution is -2.59. The van der Waals surface area contributed by atoms with E-state index in [0.29, 0.717) is 6.42 Å².